The van der Waals surface area contributed by atoms with Crippen LogP contribution in [0.5, 0.6) is 0 Å². The van der Waals surface area contributed by atoms with Crippen molar-refractivity contribution in [3.05, 3.63) is 53.3 Å². The van der Waals surface area contributed by atoms with Gasteiger partial charge in [-0.05, 0) is 37.0 Å². The van der Waals surface area contributed by atoms with E-state index >= 15 is 0 Å². The smallest absolute Gasteiger partial charge is 0.342 e. The summed E-state index contributed by atoms with van der Waals surface area (Å²) in [6.07, 6.45) is 2.77. The van der Waals surface area contributed by atoms with E-state index in [0.717, 1.165) is 17.7 Å². The predicted octanol–water partition coefficient (Wildman–Crippen LogP) is 4.90. The van der Waals surface area contributed by atoms with E-state index in [1.54, 1.807) is 11.8 Å². The normalized spacial score (nSPS) is 19.2. The van der Waals surface area contributed by atoms with Gasteiger partial charge in [-0.25, -0.2) is 4.79 Å². The van der Waals surface area contributed by atoms with E-state index in [4.69, 9.17) is 4.74 Å². The van der Waals surface area contributed by atoms with Gasteiger partial charge in [0.25, 0.3) is 0 Å². The van der Waals surface area contributed by atoms with Crippen LogP contribution in [0.1, 0.15) is 33.6 Å². The summed E-state index contributed by atoms with van der Waals surface area (Å²) in [5, 5.41) is 10.3. The fourth-order valence-electron chi connectivity index (χ4n) is 2.72. The summed E-state index contributed by atoms with van der Waals surface area (Å²) in [5.41, 5.74) is 1.21. The molecule has 3 nitrogen and oxygen atoms in total. The van der Waals surface area contributed by atoms with Gasteiger partial charge in [-0.3, -0.25) is 0 Å². The topological polar surface area (TPSA) is 46.5 Å². The molecule has 2 rings (SSSR count). The van der Waals surface area contributed by atoms with Crippen molar-refractivity contribution in [2.24, 2.45) is 5.92 Å². The van der Waals surface area contributed by atoms with Gasteiger partial charge in [-0.2, -0.15) is 0 Å². The number of ether oxygens (including phenoxy) is 1. The van der Waals surface area contributed by atoms with Crippen molar-refractivity contribution < 1.29 is 14.6 Å². The van der Waals surface area contributed by atoms with E-state index in [2.05, 4.69) is 12.1 Å². The molecule has 1 aromatic carbocycles. The molecule has 1 unspecified atom stereocenters. The Kier molecular flexibility index (Phi) is 6.34. The molecule has 0 aliphatic carbocycles. The minimum atomic E-state index is -0.398. The number of benzene rings is 1. The highest BCUT2D eigenvalue weighted by Crippen LogP contribution is 2.31. The van der Waals surface area contributed by atoms with Crippen molar-refractivity contribution in [1.29, 1.82) is 0 Å². The molecule has 1 aromatic rings. The molecule has 0 bridgehead atoms. The van der Waals surface area contributed by atoms with Crippen LogP contribution in [-0.2, 0) is 9.53 Å². The van der Waals surface area contributed by atoms with Gasteiger partial charge in [-0.15, -0.1) is 11.8 Å². The molecule has 4 heteroatoms. The third kappa shape index (κ3) is 4.64. The van der Waals surface area contributed by atoms with Crippen LogP contribution in [0.4, 0.5) is 0 Å². The molecule has 0 aromatic heterocycles. The maximum atomic E-state index is 12.3. The number of carbonyl (C=O) groups is 1. The minimum absolute atomic E-state index is 0.165. The lowest BCUT2D eigenvalue weighted by Crippen LogP contribution is -2.28. The Morgan fingerprint density at radius 3 is 2.65 bits per heavy atom. The van der Waals surface area contributed by atoms with Gasteiger partial charge in [0.2, 0.25) is 0 Å². The van der Waals surface area contributed by atoms with Gasteiger partial charge < -0.3 is 9.84 Å². The van der Waals surface area contributed by atoms with E-state index in [9.17, 15) is 9.90 Å². The summed E-state index contributed by atoms with van der Waals surface area (Å²) >= 11 is 1.73. The van der Waals surface area contributed by atoms with Crippen LogP contribution >= 0.6 is 11.8 Å². The van der Waals surface area contributed by atoms with Crippen molar-refractivity contribution in [2.75, 3.05) is 5.75 Å². The first-order chi connectivity index (χ1) is 11.0. The molecular formula is C19H24O3S. The van der Waals surface area contributed by atoms with Gasteiger partial charge in [0.1, 0.15) is 17.4 Å². The van der Waals surface area contributed by atoms with Crippen molar-refractivity contribution in [3.63, 3.8) is 0 Å². The standard InChI is InChI=1S/C19H24O3S/c1-4-16(13(2)3)18-17(20)12-14(22-19(18)21)10-11-23-15-8-6-5-7-9-15/h4-9,13-14,20H,10-12H2,1-3H3/b16-4-. The summed E-state index contributed by atoms with van der Waals surface area (Å²) in [6, 6.07) is 10.1. The van der Waals surface area contributed by atoms with E-state index in [1.807, 2.05) is 45.0 Å². The minimum Gasteiger partial charge on any atom is -0.511 e. The second-order valence-corrected chi connectivity index (χ2v) is 7.07. The molecule has 23 heavy (non-hydrogen) atoms. The second-order valence-electron chi connectivity index (χ2n) is 5.90. The maximum absolute atomic E-state index is 12.3. The van der Waals surface area contributed by atoms with Gasteiger partial charge in [0.05, 0.1) is 0 Å². The molecule has 1 atom stereocenters. The monoisotopic (exact) mass is 332 g/mol. The lowest BCUT2D eigenvalue weighted by molar-refractivity contribution is -0.146. The van der Waals surface area contributed by atoms with Crippen LogP contribution in [0.3, 0.4) is 0 Å². The number of aliphatic hydroxyl groups excluding tert-OH is 1. The summed E-state index contributed by atoms with van der Waals surface area (Å²) in [4.78, 5) is 13.5. The summed E-state index contributed by atoms with van der Waals surface area (Å²) in [6.45, 7) is 5.89. The first kappa shape index (κ1) is 17.7. The summed E-state index contributed by atoms with van der Waals surface area (Å²) in [7, 11) is 0. The van der Waals surface area contributed by atoms with Crippen LogP contribution < -0.4 is 0 Å². The summed E-state index contributed by atoms with van der Waals surface area (Å²) in [5.74, 6) is 0.795. The van der Waals surface area contributed by atoms with Gasteiger partial charge >= 0.3 is 5.97 Å². The number of thioether (sulfide) groups is 1. The zero-order chi connectivity index (χ0) is 16.8. The maximum Gasteiger partial charge on any atom is 0.342 e. The van der Waals surface area contributed by atoms with Crippen molar-refractivity contribution in [2.45, 2.75) is 44.6 Å². The van der Waals surface area contributed by atoms with E-state index in [1.165, 1.54) is 4.90 Å². The molecule has 0 spiro atoms. The Hall–Kier alpha value is -1.68. The SMILES string of the molecule is C/C=C(\C1=C(O)CC(CCSc2ccccc2)OC1=O)C(C)C. The second kappa shape index (κ2) is 8.25. The van der Waals surface area contributed by atoms with Gasteiger partial charge in [0.15, 0.2) is 0 Å². The first-order valence-electron chi connectivity index (χ1n) is 8.00. The number of cyclic esters (lactones) is 1. The predicted molar refractivity (Wildman–Crippen MR) is 94.5 cm³/mol. The average Bonchev–Trinajstić information content (AvgIpc) is 2.51. The quantitative estimate of drug-likeness (QED) is 0.594. The fourth-order valence-corrected chi connectivity index (χ4v) is 3.69. The summed E-state index contributed by atoms with van der Waals surface area (Å²) < 4.78 is 5.53. The Morgan fingerprint density at radius 1 is 1.39 bits per heavy atom. The third-order valence-corrected chi connectivity index (χ3v) is 4.91. The fraction of sp³-hybridized carbons (Fsp3) is 0.421. The van der Waals surface area contributed by atoms with Crippen molar-refractivity contribution in [1.82, 2.24) is 0 Å². The van der Waals surface area contributed by atoms with E-state index in [-0.39, 0.29) is 17.8 Å². The molecule has 1 N–H and O–H groups in total. The van der Waals surface area contributed by atoms with E-state index < -0.39 is 5.97 Å². The number of hydrogen-bond donors (Lipinski definition) is 1. The highest BCUT2D eigenvalue weighted by atomic mass is 32.2. The largest absolute Gasteiger partial charge is 0.511 e. The van der Waals surface area contributed by atoms with Gasteiger partial charge in [0, 0.05) is 17.1 Å². The Balaban J connectivity index is 1.96. The van der Waals surface area contributed by atoms with E-state index in [0.29, 0.717) is 12.0 Å². The molecule has 124 valence electrons. The lowest BCUT2D eigenvalue weighted by atomic mass is 9.91. The molecule has 0 amide bonds. The average molecular weight is 332 g/mol. The number of allylic oxidation sites excluding steroid dienone is 1. The molecule has 0 saturated carbocycles. The highest BCUT2D eigenvalue weighted by Gasteiger charge is 2.31. The Bertz CT molecular complexity index is 602. The zero-order valence-electron chi connectivity index (χ0n) is 13.9. The van der Waals surface area contributed by atoms with Crippen molar-refractivity contribution in [3.8, 4) is 0 Å². The molecular weight excluding hydrogens is 308 g/mol. The number of rotatable bonds is 6. The van der Waals surface area contributed by atoms with Crippen LogP contribution in [-0.4, -0.2) is 22.9 Å². The lowest BCUT2D eigenvalue weighted by Gasteiger charge is -2.26. The molecule has 0 saturated heterocycles. The molecule has 0 fully saturated rings. The molecule has 1 aliphatic rings. The molecule has 1 aliphatic heterocycles. The molecule has 0 radical (unpaired) electrons. The molecule has 1 heterocycles. The Morgan fingerprint density at radius 2 is 2.09 bits per heavy atom. The third-order valence-electron chi connectivity index (χ3n) is 3.86. The van der Waals surface area contributed by atoms with Crippen LogP contribution in [0, 0.1) is 5.92 Å². The highest BCUT2D eigenvalue weighted by molar-refractivity contribution is 7.99. The first-order valence-corrected chi connectivity index (χ1v) is 8.99. The number of aliphatic hydroxyl groups is 1. The van der Waals surface area contributed by atoms with Gasteiger partial charge in [-0.1, -0.05) is 38.1 Å². The van der Waals surface area contributed by atoms with Crippen molar-refractivity contribution >= 4 is 17.7 Å². The van der Waals surface area contributed by atoms with Crippen LogP contribution in [0.15, 0.2) is 58.2 Å². The Labute approximate surface area is 142 Å². The van der Waals surface area contributed by atoms with Crippen LogP contribution in [0.2, 0.25) is 0 Å². The number of hydrogen-bond acceptors (Lipinski definition) is 4. The number of esters is 1. The zero-order valence-corrected chi connectivity index (χ0v) is 14.7. The number of carbonyl (C=O) groups excluding carboxylic acids is 1. The van der Waals surface area contributed by atoms with Crippen LogP contribution in [0.25, 0.3) is 0 Å².